The zero-order chi connectivity index (χ0) is 21.3. The summed E-state index contributed by atoms with van der Waals surface area (Å²) < 4.78 is 33.9. The Bertz CT molecular complexity index is 924. The highest BCUT2D eigenvalue weighted by atomic mass is 19.3. The molecule has 7 heteroatoms. The Balaban J connectivity index is 1.62. The molecule has 0 aliphatic carbocycles. The first kappa shape index (κ1) is 21.0. The summed E-state index contributed by atoms with van der Waals surface area (Å²) in [6.07, 6.45) is 0. The van der Waals surface area contributed by atoms with Gasteiger partial charge in [0, 0.05) is 5.69 Å². The lowest BCUT2D eigenvalue weighted by Gasteiger charge is -2.17. The van der Waals surface area contributed by atoms with Crippen molar-refractivity contribution in [1.29, 1.82) is 0 Å². The highest BCUT2D eigenvalue weighted by Gasteiger charge is 2.24. The molecule has 0 unspecified atom stereocenters. The van der Waals surface area contributed by atoms with Gasteiger partial charge in [-0.1, -0.05) is 60.7 Å². The minimum atomic E-state index is -2.92. The molecule has 0 radical (unpaired) electrons. The Morgan fingerprint density at radius 2 is 1.33 bits per heavy atom. The molecule has 0 bridgehead atoms. The molecule has 0 saturated heterocycles. The number of benzene rings is 3. The molecule has 3 rings (SSSR count). The molecule has 0 fully saturated rings. The second-order valence-corrected chi connectivity index (χ2v) is 6.31. The minimum absolute atomic E-state index is 0.0250. The molecule has 3 aromatic carbocycles. The number of hydrogen-bond donors (Lipinski definition) is 1. The molecule has 0 aliphatic heterocycles. The lowest BCUT2D eigenvalue weighted by Crippen LogP contribution is -2.24. The lowest BCUT2D eigenvalue weighted by atomic mass is 9.91. The predicted molar refractivity (Wildman–Crippen MR) is 107 cm³/mol. The van der Waals surface area contributed by atoms with Crippen molar-refractivity contribution in [1.82, 2.24) is 0 Å². The van der Waals surface area contributed by atoms with Gasteiger partial charge < -0.3 is 14.8 Å². The highest BCUT2D eigenvalue weighted by molar-refractivity contribution is 5.93. The fraction of sp³-hybridized carbons (Fsp3) is 0.130. The number of halogens is 2. The van der Waals surface area contributed by atoms with Crippen LogP contribution in [0.2, 0.25) is 0 Å². The van der Waals surface area contributed by atoms with Crippen LogP contribution >= 0.6 is 0 Å². The van der Waals surface area contributed by atoms with E-state index in [0.29, 0.717) is 5.69 Å². The van der Waals surface area contributed by atoms with Crippen molar-refractivity contribution >= 4 is 17.6 Å². The molecule has 1 amide bonds. The SMILES string of the molecule is O=C(COC(=O)C(c1ccccc1)c1ccccc1)Nc1ccc(OC(F)F)cc1. The van der Waals surface area contributed by atoms with Crippen molar-refractivity contribution in [3.8, 4) is 5.75 Å². The van der Waals surface area contributed by atoms with Gasteiger partial charge in [-0.2, -0.15) is 8.78 Å². The highest BCUT2D eigenvalue weighted by Crippen LogP contribution is 2.26. The number of carbonyl (C=O) groups excluding carboxylic acids is 2. The van der Waals surface area contributed by atoms with E-state index in [1.807, 2.05) is 60.7 Å². The van der Waals surface area contributed by atoms with Crippen molar-refractivity contribution < 1.29 is 27.8 Å². The van der Waals surface area contributed by atoms with Crippen LogP contribution in [-0.2, 0) is 14.3 Å². The average Bonchev–Trinajstić information content (AvgIpc) is 2.75. The van der Waals surface area contributed by atoms with Crippen molar-refractivity contribution in [3.63, 3.8) is 0 Å². The van der Waals surface area contributed by atoms with Gasteiger partial charge in [-0.15, -0.1) is 0 Å². The molecule has 0 aliphatic rings. The van der Waals surface area contributed by atoms with Gasteiger partial charge in [-0.25, -0.2) is 0 Å². The van der Waals surface area contributed by atoms with E-state index in [4.69, 9.17) is 4.74 Å². The van der Waals surface area contributed by atoms with E-state index in [-0.39, 0.29) is 5.75 Å². The quantitative estimate of drug-likeness (QED) is 0.550. The summed E-state index contributed by atoms with van der Waals surface area (Å²) in [6, 6.07) is 23.7. The average molecular weight is 411 g/mol. The van der Waals surface area contributed by atoms with Crippen LogP contribution in [0.5, 0.6) is 5.75 Å². The predicted octanol–water partition coefficient (Wildman–Crippen LogP) is 4.60. The second-order valence-electron chi connectivity index (χ2n) is 6.31. The Hall–Kier alpha value is -3.74. The summed E-state index contributed by atoms with van der Waals surface area (Å²) in [7, 11) is 0. The molecular weight excluding hydrogens is 392 g/mol. The summed E-state index contributed by atoms with van der Waals surface area (Å²) in [4.78, 5) is 24.9. The molecule has 3 aromatic rings. The van der Waals surface area contributed by atoms with Gasteiger partial charge in [0.1, 0.15) is 11.7 Å². The zero-order valence-corrected chi connectivity index (χ0v) is 15.8. The van der Waals surface area contributed by atoms with E-state index in [1.165, 1.54) is 24.3 Å². The summed E-state index contributed by atoms with van der Waals surface area (Å²) >= 11 is 0. The summed E-state index contributed by atoms with van der Waals surface area (Å²) in [6.45, 7) is -3.41. The molecule has 0 spiro atoms. The number of rotatable bonds is 8. The van der Waals surface area contributed by atoms with Crippen LogP contribution in [0.3, 0.4) is 0 Å². The van der Waals surface area contributed by atoms with Crippen LogP contribution in [-0.4, -0.2) is 25.1 Å². The number of esters is 1. The number of ether oxygens (including phenoxy) is 2. The first-order chi connectivity index (χ1) is 14.5. The molecule has 1 N–H and O–H groups in total. The Morgan fingerprint density at radius 1 is 0.800 bits per heavy atom. The maximum absolute atomic E-state index is 12.8. The number of carbonyl (C=O) groups is 2. The van der Waals surface area contributed by atoms with Gasteiger partial charge in [0.25, 0.3) is 5.91 Å². The van der Waals surface area contributed by atoms with Crippen LogP contribution in [0.15, 0.2) is 84.9 Å². The van der Waals surface area contributed by atoms with E-state index < -0.39 is 31.0 Å². The van der Waals surface area contributed by atoms with Gasteiger partial charge in [-0.3, -0.25) is 9.59 Å². The van der Waals surface area contributed by atoms with Crippen molar-refractivity contribution in [2.75, 3.05) is 11.9 Å². The number of alkyl halides is 2. The molecular formula is C23H19F2NO4. The molecule has 5 nitrogen and oxygen atoms in total. The van der Waals surface area contributed by atoms with Gasteiger partial charge in [0.2, 0.25) is 0 Å². The molecule has 0 aromatic heterocycles. The molecule has 0 heterocycles. The number of anilines is 1. The fourth-order valence-electron chi connectivity index (χ4n) is 2.89. The summed E-state index contributed by atoms with van der Waals surface area (Å²) in [5, 5.41) is 2.54. The molecule has 0 atom stereocenters. The number of hydrogen-bond acceptors (Lipinski definition) is 4. The van der Waals surface area contributed by atoms with Gasteiger partial charge in [0.05, 0.1) is 0 Å². The second kappa shape index (κ2) is 10.2. The first-order valence-corrected chi connectivity index (χ1v) is 9.14. The fourth-order valence-corrected chi connectivity index (χ4v) is 2.89. The monoisotopic (exact) mass is 411 g/mol. The lowest BCUT2D eigenvalue weighted by molar-refractivity contribution is -0.147. The largest absolute Gasteiger partial charge is 0.455 e. The smallest absolute Gasteiger partial charge is 0.387 e. The van der Waals surface area contributed by atoms with Gasteiger partial charge in [-0.05, 0) is 35.4 Å². The van der Waals surface area contributed by atoms with Gasteiger partial charge >= 0.3 is 12.6 Å². The maximum Gasteiger partial charge on any atom is 0.387 e. The van der Waals surface area contributed by atoms with E-state index in [9.17, 15) is 18.4 Å². The van der Waals surface area contributed by atoms with Crippen LogP contribution < -0.4 is 10.1 Å². The topological polar surface area (TPSA) is 64.6 Å². The van der Waals surface area contributed by atoms with Crippen LogP contribution in [0.4, 0.5) is 14.5 Å². The van der Waals surface area contributed by atoms with Crippen LogP contribution in [0.1, 0.15) is 17.0 Å². The first-order valence-electron chi connectivity index (χ1n) is 9.14. The Morgan fingerprint density at radius 3 is 1.83 bits per heavy atom. The van der Waals surface area contributed by atoms with E-state index in [1.54, 1.807) is 0 Å². The number of nitrogens with one attached hydrogen (secondary N) is 1. The minimum Gasteiger partial charge on any atom is -0.455 e. The molecule has 0 saturated carbocycles. The van der Waals surface area contributed by atoms with Gasteiger partial charge in [0.15, 0.2) is 6.61 Å². The third-order valence-electron chi connectivity index (χ3n) is 4.21. The van der Waals surface area contributed by atoms with Crippen LogP contribution in [0, 0.1) is 0 Å². The van der Waals surface area contributed by atoms with E-state index in [2.05, 4.69) is 10.1 Å². The van der Waals surface area contributed by atoms with E-state index in [0.717, 1.165) is 11.1 Å². The Kier molecular flexibility index (Phi) is 7.10. The van der Waals surface area contributed by atoms with E-state index >= 15 is 0 Å². The zero-order valence-electron chi connectivity index (χ0n) is 15.8. The standard InChI is InChI=1S/C23H19F2NO4/c24-23(25)30-19-13-11-18(12-14-19)26-20(27)15-29-22(28)21(16-7-3-1-4-8-16)17-9-5-2-6-10-17/h1-14,21,23H,15H2,(H,26,27). The molecule has 30 heavy (non-hydrogen) atoms. The van der Waals surface area contributed by atoms with Crippen molar-refractivity contribution in [3.05, 3.63) is 96.1 Å². The Labute approximate surface area is 172 Å². The summed E-state index contributed by atoms with van der Waals surface area (Å²) in [5.74, 6) is -1.79. The third kappa shape index (κ3) is 5.88. The third-order valence-corrected chi connectivity index (χ3v) is 4.21. The maximum atomic E-state index is 12.8. The number of amides is 1. The van der Waals surface area contributed by atoms with Crippen LogP contribution in [0.25, 0.3) is 0 Å². The van der Waals surface area contributed by atoms with Crippen molar-refractivity contribution in [2.24, 2.45) is 0 Å². The summed E-state index contributed by atoms with van der Waals surface area (Å²) in [5.41, 5.74) is 1.87. The van der Waals surface area contributed by atoms with Crippen molar-refractivity contribution in [2.45, 2.75) is 12.5 Å². The normalized spacial score (nSPS) is 10.7. The molecule has 154 valence electrons.